The first-order valence-electron chi connectivity index (χ1n) is 11.6. The summed E-state index contributed by atoms with van der Waals surface area (Å²) in [6.07, 6.45) is 2.24. The van der Waals surface area contributed by atoms with Gasteiger partial charge in [0.05, 0.1) is 13.7 Å². The van der Waals surface area contributed by atoms with Gasteiger partial charge in [-0.25, -0.2) is 0 Å². The summed E-state index contributed by atoms with van der Waals surface area (Å²) >= 11 is 0. The maximum atomic E-state index is 9.38. The van der Waals surface area contributed by atoms with Crippen molar-refractivity contribution >= 4 is 18.7 Å². The van der Waals surface area contributed by atoms with Crippen LogP contribution in [0.3, 0.4) is 0 Å². The van der Waals surface area contributed by atoms with Crippen LogP contribution in [0.4, 0.5) is 0 Å². The molecule has 1 N–H and O–H groups in total. The standard InChI is InChI=1S/C28H32N2O4Si/c1-28(2,3)35(23-13-7-5-8-14-23,24-15-9-6-10-16-24)34-25-18-17-22(20-26(25)32-4)12-11-19-33-27(31)21-30-29/h5-10,13-18,20-21H,11-12,19H2,1-4H3/p+1/b27-21+. The Balaban J connectivity index is 1.95. The number of aliphatic hydroxyl groups is 1. The smallest absolute Gasteiger partial charge is 0.429 e. The van der Waals surface area contributed by atoms with Crippen molar-refractivity contribution < 1.29 is 19.0 Å². The molecule has 0 aliphatic heterocycles. The zero-order chi connectivity index (χ0) is 25.3. The van der Waals surface area contributed by atoms with Crippen LogP contribution in [0.25, 0.3) is 4.98 Å². The molecule has 0 atom stereocenters. The van der Waals surface area contributed by atoms with Gasteiger partial charge in [-0.3, -0.25) is 0 Å². The molecule has 3 aromatic rings. The fraction of sp³-hybridized carbons (Fsp3) is 0.286. The van der Waals surface area contributed by atoms with E-state index in [-0.39, 0.29) is 5.04 Å². The van der Waals surface area contributed by atoms with E-state index in [0.29, 0.717) is 24.5 Å². The van der Waals surface area contributed by atoms with E-state index < -0.39 is 14.3 Å². The highest BCUT2D eigenvalue weighted by Crippen LogP contribution is 2.40. The Hall–Kier alpha value is -3.76. The van der Waals surface area contributed by atoms with Crippen molar-refractivity contribution in [3.8, 4) is 11.5 Å². The molecular weight excluding hydrogens is 456 g/mol. The quantitative estimate of drug-likeness (QED) is 0.169. The number of aryl methyl sites for hydroxylation is 1. The second-order valence-corrected chi connectivity index (χ2v) is 13.5. The van der Waals surface area contributed by atoms with Crippen LogP contribution in [0.2, 0.25) is 5.04 Å². The van der Waals surface area contributed by atoms with E-state index in [9.17, 15) is 5.11 Å². The van der Waals surface area contributed by atoms with Gasteiger partial charge < -0.3 is 19.0 Å². The molecule has 0 aliphatic carbocycles. The van der Waals surface area contributed by atoms with Gasteiger partial charge in [0, 0.05) is 0 Å². The molecule has 0 amide bonds. The van der Waals surface area contributed by atoms with E-state index in [1.807, 2.05) is 30.3 Å². The Bertz CT molecular complexity index is 1130. The van der Waals surface area contributed by atoms with E-state index >= 15 is 0 Å². The summed E-state index contributed by atoms with van der Waals surface area (Å²) in [5.41, 5.74) is 1.07. The van der Waals surface area contributed by atoms with Crippen LogP contribution in [0, 0.1) is 5.39 Å². The van der Waals surface area contributed by atoms with Gasteiger partial charge in [0.1, 0.15) is 5.75 Å². The molecule has 3 rings (SSSR count). The third-order valence-electron chi connectivity index (χ3n) is 5.94. The van der Waals surface area contributed by atoms with E-state index in [1.54, 1.807) is 7.11 Å². The lowest BCUT2D eigenvalue weighted by molar-refractivity contribution is 0.0919. The fourth-order valence-electron chi connectivity index (χ4n) is 4.31. The number of ether oxygens (including phenoxy) is 2. The number of hydrogen-bond donors (Lipinski definition) is 1. The first-order chi connectivity index (χ1) is 16.8. The number of aliphatic hydroxyl groups excluding tert-OH is 1. The van der Waals surface area contributed by atoms with E-state index in [4.69, 9.17) is 19.3 Å². The molecule has 6 nitrogen and oxygen atoms in total. The number of nitrogens with zero attached hydrogens (tertiary/aromatic N) is 2. The topological polar surface area (TPSA) is 76.1 Å². The third-order valence-corrected chi connectivity index (χ3v) is 10.9. The molecule has 0 aromatic heterocycles. The molecule has 0 spiro atoms. The Morgan fingerprint density at radius 2 is 1.54 bits per heavy atom. The Morgan fingerprint density at radius 1 is 0.943 bits per heavy atom. The average molecular weight is 490 g/mol. The van der Waals surface area contributed by atoms with Crippen LogP contribution >= 0.6 is 0 Å². The van der Waals surface area contributed by atoms with Crippen molar-refractivity contribution in [1.82, 2.24) is 0 Å². The largest absolute Gasteiger partial charge is 0.531 e. The van der Waals surface area contributed by atoms with Gasteiger partial charge in [-0.05, 0) is 45.9 Å². The summed E-state index contributed by atoms with van der Waals surface area (Å²) in [5.74, 6) is 0.976. The number of methoxy groups -OCH3 is 1. The SMILES string of the molecule is COc1cc(CCCO/C(O)=C/[N+]#N)ccc1O[Si](c1ccccc1)(c1ccccc1)C(C)(C)C. The predicted octanol–water partition coefficient (Wildman–Crippen LogP) is 5.79. The molecule has 0 bridgehead atoms. The molecule has 3 aromatic carbocycles. The van der Waals surface area contributed by atoms with Gasteiger partial charge in [0.2, 0.25) is 5.39 Å². The van der Waals surface area contributed by atoms with Crippen LogP contribution in [0.1, 0.15) is 32.8 Å². The first kappa shape index (κ1) is 25.9. The highest BCUT2D eigenvalue weighted by Gasteiger charge is 2.52. The zero-order valence-electron chi connectivity index (χ0n) is 20.8. The summed E-state index contributed by atoms with van der Waals surface area (Å²) < 4.78 is 18.0. The molecule has 0 unspecified atom stereocenters. The van der Waals surface area contributed by atoms with Crippen LogP contribution in [0.15, 0.2) is 91.0 Å². The molecule has 0 radical (unpaired) electrons. The lowest BCUT2D eigenvalue weighted by Gasteiger charge is -2.43. The lowest BCUT2D eigenvalue weighted by Crippen LogP contribution is -2.68. The minimum Gasteiger partial charge on any atom is -0.531 e. The minimum atomic E-state index is -2.77. The number of hydrogen-bond acceptors (Lipinski definition) is 5. The van der Waals surface area contributed by atoms with Gasteiger partial charge >= 0.3 is 20.5 Å². The predicted molar refractivity (Wildman–Crippen MR) is 141 cm³/mol. The molecule has 0 fully saturated rings. The maximum Gasteiger partial charge on any atom is 0.429 e. The summed E-state index contributed by atoms with van der Waals surface area (Å²) in [4.78, 5) is 2.73. The zero-order valence-corrected chi connectivity index (χ0v) is 21.8. The Morgan fingerprint density at radius 3 is 2.06 bits per heavy atom. The number of rotatable bonds is 10. The molecule has 182 valence electrons. The molecule has 0 saturated heterocycles. The number of benzene rings is 3. The minimum absolute atomic E-state index is 0.160. The van der Waals surface area contributed by atoms with Crippen molar-refractivity contribution in [2.75, 3.05) is 13.7 Å². The molecule has 7 heteroatoms. The Labute approximate surface area is 208 Å². The molecule has 0 aliphatic rings. The van der Waals surface area contributed by atoms with Gasteiger partial charge in [-0.15, -0.1) is 0 Å². The van der Waals surface area contributed by atoms with Crippen molar-refractivity contribution in [2.45, 2.75) is 38.7 Å². The lowest BCUT2D eigenvalue weighted by atomic mass is 10.1. The Kier molecular flexibility index (Phi) is 8.56. The van der Waals surface area contributed by atoms with Crippen LogP contribution in [-0.4, -0.2) is 27.1 Å². The summed E-state index contributed by atoms with van der Waals surface area (Å²) in [7, 11) is -1.12. The van der Waals surface area contributed by atoms with Crippen molar-refractivity contribution in [3.63, 3.8) is 0 Å². The van der Waals surface area contributed by atoms with Crippen LogP contribution in [-0.2, 0) is 11.2 Å². The van der Waals surface area contributed by atoms with Gasteiger partial charge in [-0.2, -0.15) is 0 Å². The monoisotopic (exact) mass is 489 g/mol. The number of diazo groups is 1. The third kappa shape index (κ3) is 6.03. The van der Waals surface area contributed by atoms with Crippen molar-refractivity contribution in [3.05, 3.63) is 102 Å². The summed E-state index contributed by atoms with van der Waals surface area (Å²) in [6.45, 7) is 7.02. The normalized spacial score (nSPS) is 12.0. The van der Waals surface area contributed by atoms with Crippen molar-refractivity contribution in [1.29, 1.82) is 5.39 Å². The first-order valence-corrected chi connectivity index (χ1v) is 13.6. The fourth-order valence-corrected chi connectivity index (χ4v) is 8.74. The molecule has 0 saturated carbocycles. The van der Waals surface area contributed by atoms with Crippen LogP contribution in [0.5, 0.6) is 11.5 Å². The van der Waals surface area contributed by atoms with E-state index in [2.05, 4.69) is 74.3 Å². The second kappa shape index (κ2) is 11.6. The highest BCUT2D eigenvalue weighted by molar-refractivity contribution is 7.00. The molecular formula is C28H33N2O4Si+. The van der Waals surface area contributed by atoms with Crippen LogP contribution < -0.4 is 19.5 Å². The molecule has 35 heavy (non-hydrogen) atoms. The summed E-state index contributed by atoms with van der Waals surface area (Å²) in [5, 5.41) is 20.0. The maximum absolute atomic E-state index is 9.38. The molecule has 0 heterocycles. The summed E-state index contributed by atoms with van der Waals surface area (Å²) in [6, 6.07) is 27.0. The highest BCUT2D eigenvalue weighted by atomic mass is 28.4. The van der Waals surface area contributed by atoms with Gasteiger partial charge in [0.15, 0.2) is 10.7 Å². The average Bonchev–Trinajstić information content (AvgIpc) is 2.86. The van der Waals surface area contributed by atoms with E-state index in [0.717, 1.165) is 18.2 Å². The van der Waals surface area contributed by atoms with Crippen molar-refractivity contribution in [2.24, 2.45) is 0 Å². The van der Waals surface area contributed by atoms with E-state index in [1.165, 1.54) is 10.4 Å². The van der Waals surface area contributed by atoms with Gasteiger partial charge in [-0.1, -0.05) is 87.5 Å². The van der Waals surface area contributed by atoms with Gasteiger partial charge in [0.25, 0.3) is 0 Å². The second-order valence-electron chi connectivity index (χ2n) is 9.29.